The van der Waals surface area contributed by atoms with Gasteiger partial charge in [0, 0.05) is 35.8 Å². The smallest absolute Gasteiger partial charge is 0.253 e. The van der Waals surface area contributed by atoms with Crippen molar-refractivity contribution in [2.75, 3.05) is 13.1 Å². The minimum atomic E-state index is 0.0719. The van der Waals surface area contributed by atoms with Crippen molar-refractivity contribution in [2.24, 2.45) is 0 Å². The molecule has 142 valence electrons. The molecule has 1 aromatic heterocycles. The molecule has 2 aliphatic rings. The first-order chi connectivity index (χ1) is 13.7. The van der Waals surface area contributed by atoms with E-state index in [9.17, 15) is 4.79 Å². The fraction of sp³-hybridized carbons (Fsp3) is 0.318. The Bertz CT molecular complexity index is 1010. The largest absolute Gasteiger partial charge is 0.336 e. The van der Waals surface area contributed by atoms with Crippen LogP contribution in [0, 0.1) is 0 Å². The van der Waals surface area contributed by atoms with Crippen LogP contribution in [0.2, 0.25) is 5.02 Å². The van der Waals surface area contributed by atoms with Crippen LogP contribution in [0.1, 0.15) is 47.3 Å². The van der Waals surface area contributed by atoms with E-state index in [1.807, 2.05) is 58.1 Å². The monoisotopic (exact) mass is 392 g/mol. The number of benzene rings is 2. The Balaban J connectivity index is 1.27. The number of hydrogen-bond acceptors (Lipinski definition) is 3. The Kier molecular flexibility index (Phi) is 4.40. The van der Waals surface area contributed by atoms with Gasteiger partial charge in [-0.1, -0.05) is 41.1 Å². The van der Waals surface area contributed by atoms with Crippen LogP contribution in [0.4, 0.5) is 0 Å². The van der Waals surface area contributed by atoms with Gasteiger partial charge in [-0.05, 0) is 54.7 Å². The fourth-order valence-electron chi connectivity index (χ4n) is 3.83. The van der Waals surface area contributed by atoms with E-state index < -0.39 is 0 Å². The van der Waals surface area contributed by atoms with E-state index >= 15 is 0 Å². The van der Waals surface area contributed by atoms with Gasteiger partial charge in [0.1, 0.15) is 0 Å². The summed E-state index contributed by atoms with van der Waals surface area (Å²) < 4.78 is 1.95. The Labute approximate surface area is 168 Å². The lowest BCUT2D eigenvalue weighted by atomic mass is 10.0. The number of aromatic nitrogens is 3. The molecule has 0 unspecified atom stereocenters. The molecular formula is C22H21ClN4O. The lowest BCUT2D eigenvalue weighted by Crippen LogP contribution is -2.29. The van der Waals surface area contributed by atoms with Crippen molar-refractivity contribution < 1.29 is 4.79 Å². The molecule has 0 bridgehead atoms. The molecule has 1 saturated carbocycles. The molecule has 0 N–H and O–H groups in total. The molecule has 1 atom stereocenters. The van der Waals surface area contributed by atoms with Crippen molar-refractivity contribution in [3.63, 3.8) is 0 Å². The lowest BCUT2D eigenvalue weighted by molar-refractivity contribution is 0.0787. The van der Waals surface area contributed by atoms with Crippen LogP contribution in [0.5, 0.6) is 0 Å². The molecule has 2 heterocycles. The van der Waals surface area contributed by atoms with Gasteiger partial charge in [0.05, 0.1) is 11.7 Å². The number of carbonyl (C=O) groups excluding carboxylic acids is 1. The minimum Gasteiger partial charge on any atom is -0.336 e. The number of carbonyl (C=O) groups is 1. The fourth-order valence-corrected chi connectivity index (χ4v) is 4.02. The van der Waals surface area contributed by atoms with Gasteiger partial charge in [-0.3, -0.25) is 4.79 Å². The Morgan fingerprint density at radius 1 is 1.04 bits per heavy atom. The predicted molar refractivity (Wildman–Crippen MR) is 108 cm³/mol. The Morgan fingerprint density at radius 3 is 2.61 bits per heavy atom. The summed E-state index contributed by atoms with van der Waals surface area (Å²) >= 11 is 6.08. The Morgan fingerprint density at radius 2 is 1.86 bits per heavy atom. The molecule has 3 aromatic rings. The van der Waals surface area contributed by atoms with E-state index in [0.29, 0.717) is 23.0 Å². The normalized spacial score (nSPS) is 19.2. The molecule has 6 heteroatoms. The summed E-state index contributed by atoms with van der Waals surface area (Å²) in [5.74, 6) is 0.675. The highest BCUT2D eigenvalue weighted by atomic mass is 35.5. The van der Waals surface area contributed by atoms with Crippen LogP contribution in [0.3, 0.4) is 0 Å². The van der Waals surface area contributed by atoms with Gasteiger partial charge in [-0.15, -0.1) is 5.10 Å². The van der Waals surface area contributed by atoms with E-state index in [0.717, 1.165) is 29.8 Å². The number of amides is 1. The molecule has 1 saturated heterocycles. The topological polar surface area (TPSA) is 51.0 Å². The third kappa shape index (κ3) is 3.42. The zero-order chi connectivity index (χ0) is 19.1. The number of nitrogens with zero attached hydrogens (tertiary/aromatic N) is 4. The third-order valence-corrected chi connectivity index (χ3v) is 5.87. The first-order valence-corrected chi connectivity index (χ1v) is 10.1. The summed E-state index contributed by atoms with van der Waals surface area (Å²) in [6.45, 7) is 1.43. The number of halogens is 1. The molecule has 0 spiro atoms. The summed E-state index contributed by atoms with van der Waals surface area (Å²) in [6.07, 6.45) is 5.42. The van der Waals surface area contributed by atoms with Gasteiger partial charge in [0.15, 0.2) is 0 Å². The number of likely N-dealkylation sites (tertiary alicyclic amines) is 1. The van der Waals surface area contributed by atoms with Crippen LogP contribution in [0.15, 0.2) is 54.7 Å². The van der Waals surface area contributed by atoms with E-state index in [1.165, 1.54) is 12.8 Å². The summed E-state index contributed by atoms with van der Waals surface area (Å²) in [6, 6.07) is 15.7. The standard InChI is InChI=1S/C22H21ClN4O/c23-19-3-1-2-18(12-19)15-4-8-17(9-5-15)22(28)26-11-10-20(13-26)27-14-21(24-25-27)16-6-7-16/h1-5,8-9,12,14,16,20H,6-7,10-11,13H2/t20-/m1/s1. The SMILES string of the molecule is O=C(c1ccc(-c2cccc(Cl)c2)cc1)N1CC[C@@H](n2cc(C3CC3)nn2)C1. The second-order valence-corrected chi connectivity index (χ2v) is 8.12. The van der Waals surface area contributed by atoms with E-state index in [2.05, 4.69) is 16.5 Å². The maximum atomic E-state index is 12.9. The molecule has 5 rings (SSSR count). The zero-order valence-electron chi connectivity index (χ0n) is 15.5. The lowest BCUT2D eigenvalue weighted by Gasteiger charge is -2.17. The third-order valence-electron chi connectivity index (χ3n) is 5.64. The summed E-state index contributed by atoms with van der Waals surface area (Å²) in [4.78, 5) is 14.8. The van der Waals surface area contributed by atoms with Crippen LogP contribution in [0.25, 0.3) is 11.1 Å². The van der Waals surface area contributed by atoms with Crippen molar-refractivity contribution in [3.05, 3.63) is 71.0 Å². The highest BCUT2D eigenvalue weighted by molar-refractivity contribution is 6.30. The minimum absolute atomic E-state index is 0.0719. The maximum absolute atomic E-state index is 12.9. The summed E-state index contributed by atoms with van der Waals surface area (Å²) in [7, 11) is 0. The molecule has 5 nitrogen and oxygen atoms in total. The quantitative estimate of drug-likeness (QED) is 0.653. The second-order valence-electron chi connectivity index (χ2n) is 7.68. The van der Waals surface area contributed by atoms with Crippen LogP contribution >= 0.6 is 11.6 Å². The van der Waals surface area contributed by atoms with E-state index in [-0.39, 0.29) is 11.9 Å². The van der Waals surface area contributed by atoms with Crippen LogP contribution in [-0.4, -0.2) is 38.9 Å². The van der Waals surface area contributed by atoms with Gasteiger partial charge in [0.2, 0.25) is 0 Å². The average Bonchev–Trinajstić information content (AvgIpc) is 3.25. The van der Waals surface area contributed by atoms with Gasteiger partial charge in [-0.25, -0.2) is 4.68 Å². The molecule has 2 fully saturated rings. The van der Waals surface area contributed by atoms with Crippen molar-refractivity contribution >= 4 is 17.5 Å². The van der Waals surface area contributed by atoms with Gasteiger partial charge < -0.3 is 4.90 Å². The molecule has 1 aliphatic heterocycles. The highest BCUT2D eigenvalue weighted by Crippen LogP contribution is 2.39. The van der Waals surface area contributed by atoms with Crippen LogP contribution < -0.4 is 0 Å². The molecule has 28 heavy (non-hydrogen) atoms. The Hall–Kier alpha value is -2.66. The summed E-state index contributed by atoms with van der Waals surface area (Å²) in [5.41, 5.74) is 3.91. The van der Waals surface area contributed by atoms with Gasteiger partial charge in [-0.2, -0.15) is 0 Å². The van der Waals surface area contributed by atoms with Crippen LogP contribution in [-0.2, 0) is 0 Å². The molecule has 0 radical (unpaired) electrons. The molecular weight excluding hydrogens is 372 g/mol. The number of hydrogen-bond donors (Lipinski definition) is 0. The predicted octanol–water partition coefficient (Wildman–Crippen LogP) is 4.56. The average molecular weight is 393 g/mol. The van der Waals surface area contributed by atoms with Crippen molar-refractivity contribution in [3.8, 4) is 11.1 Å². The second kappa shape index (κ2) is 7.06. The van der Waals surface area contributed by atoms with Gasteiger partial charge >= 0.3 is 0 Å². The molecule has 1 amide bonds. The van der Waals surface area contributed by atoms with Gasteiger partial charge in [0.25, 0.3) is 5.91 Å². The highest BCUT2D eigenvalue weighted by Gasteiger charge is 2.31. The van der Waals surface area contributed by atoms with Crippen molar-refractivity contribution in [1.29, 1.82) is 0 Å². The van der Waals surface area contributed by atoms with E-state index in [1.54, 1.807) is 0 Å². The van der Waals surface area contributed by atoms with Crippen molar-refractivity contribution in [1.82, 2.24) is 19.9 Å². The summed E-state index contributed by atoms with van der Waals surface area (Å²) in [5, 5.41) is 9.30. The number of rotatable bonds is 4. The first kappa shape index (κ1) is 17.4. The van der Waals surface area contributed by atoms with Crippen molar-refractivity contribution in [2.45, 2.75) is 31.2 Å². The maximum Gasteiger partial charge on any atom is 0.253 e. The molecule has 1 aliphatic carbocycles. The zero-order valence-corrected chi connectivity index (χ0v) is 16.2. The van der Waals surface area contributed by atoms with E-state index in [4.69, 9.17) is 11.6 Å². The molecule has 2 aromatic carbocycles. The first-order valence-electron chi connectivity index (χ1n) is 9.74.